The van der Waals surface area contributed by atoms with Crippen molar-refractivity contribution in [1.29, 1.82) is 0 Å². The van der Waals surface area contributed by atoms with Gasteiger partial charge in [0.2, 0.25) is 5.91 Å². The minimum absolute atomic E-state index is 0.230. The van der Waals surface area contributed by atoms with Crippen LogP contribution in [-0.2, 0) is 17.6 Å². The first-order valence-corrected chi connectivity index (χ1v) is 9.02. The number of nitrogens with one attached hydrogen (secondary N) is 1. The van der Waals surface area contributed by atoms with Crippen LogP contribution in [0.15, 0.2) is 18.2 Å². The Kier molecular flexibility index (Phi) is 4.50. The van der Waals surface area contributed by atoms with Crippen molar-refractivity contribution in [2.24, 2.45) is 11.3 Å². The van der Waals surface area contributed by atoms with Gasteiger partial charge in [-0.05, 0) is 68.8 Å². The Hall–Kier alpha value is -1.35. The average Bonchev–Trinajstić information content (AvgIpc) is 2.81. The largest absolute Gasteiger partial charge is 0.316 e. The maximum absolute atomic E-state index is 12.8. The summed E-state index contributed by atoms with van der Waals surface area (Å²) in [6, 6.07) is 7.02. The van der Waals surface area contributed by atoms with Gasteiger partial charge in [-0.1, -0.05) is 32.9 Å². The zero-order valence-electron chi connectivity index (χ0n) is 15.0. The van der Waals surface area contributed by atoms with E-state index in [1.54, 1.807) is 0 Å². The van der Waals surface area contributed by atoms with Crippen molar-refractivity contribution in [2.75, 3.05) is 18.0 Å². The Morgan fingerprint density at radius 1 is 1.35 bits per heavy atom. The maximum Gasteiger partial charge on any atom is 0.232 e. The Labute approximate surface area is 140 Å². The van der Waals surface area contributed by atoms with E-state index in [1.165, 1.54) is 30.5 Å². The fourth-order valence-corrected chi connectivity index (χ4v) is 3.91. The van der Waals surface area contributed by atoms with Crippen LogP contribution in [-0.4, -0.2) is 25.0 Å². The number of hydrogen-bond donors (Lipinski definition) is 1. The van der Waals surface area contributed by atoms with Crippen molar-refractivity contribution in [3.8, 4) is 0 Å². The van der Waals surface area contributed by atoms with E-state index >= 15 is 0 Å². The van der Waals surface area contributed by atoms with Gasteiger partial charge < -0.3 is 10.2 Å². The van der Waals surface area contributed by atoms with E-state index in [4.69, 9.17) is 0 Å². The summed E-state index contributed by atoms with van der Waals surface area (Å²) in [6.45, 7) is 10.5. The highest BCUT2D eigenvalue weighted by Gasteiger charge is 2.36. The summed E-state index contributed by atoms with van der Waals surface area (Å²) >= 11 is 0. The van der Waals surface area contributed by atoms with Gasteiger partial charge in [0, 0.05) is 17.1 Å². The van der Waals surface area contributed by atoms with Crippen molar-refractivity contribution >= 4 is 11.6 Å². The maximum atomic E-state index is 12.8. The first-order valence-electron chi connectivity index (χ1n) is 9.02. The molecule has 2 aliphatic heterocycles. The fraction of sp³-hybridized carbons (Fsp3) is 0.650. The summed E-state index contributed by atoms with van der Waals surface area (Å²) in [4.78, 5) is 14.8. The third-order valence-electron chi connectivity index (χ3n) is 5.14. The molecule has 1 amide bonds. The molecule has 0 aliphatic carbocycles. The van der Waals surface area contributed by atoms with Gasteiger partial charge in [0.15, 0.2) is 0 Å². The van der Waals surface area contributed by atoms with Crippen LogP contribution in [0.4, 0.5) is 5.69 Å². The van der Waals surface area contributed by atoms with Gasteiger partial charge in [0.05, 0.1) is 0 Å². The Morgan fingerprint density at radius 3 is 2.78 bits per heavy atom. The topological polar surface area (TPSA) is 32.3 Å². The minimum Gasteiger partial charge on any atom is -0.316 e. The van der Waals surface area contributed by atoms with Crippen LogP contribution in [0.5, 0.6) is 0 Å². The third-order valence-corrected chi connectivity index (χ3v) is 5.14. The van der Waals surface area contributed by atoms with Gasteiger partial charge in [-0.3, -0.25) is 4.79 Å². The van der Waals surface area contributed by atoms with E-state index < -0.39 is 0 Å². The highest BCUT2D eigenvalue weighted by atomic mass is 16.2. The lowest BCUT2D eigenvalue weighted by Gasteiger charge is -2.30. The summed E-state index contributed by atoms with van der Waals surface area (Å²) in [5.41, 5.74) is 3.57. The minimum atomic E-state index is -0.331. The molecule has 3 rings (SSSR count). The molecule has 23 heavy (non-hydrogen) atoms. The molecule has 126 valence electrons. The second kappa shape index (κ2) is 6.27. The first kappa shape index (κ1) is 16.5. The lowest BCUT2D eigenvalue weighted by Crippen LogP contribution is -2.42. The van der Waals surface area contributed by atoms with E-state index in [2.05, 4.69) is 30.4 Å². The van der Waals surface area contributed by atoms with Crippen molar-refractivity contribution < 1.29 is 4.79 Å². The Balaban J connectivity index is 1.79. The number of rotatable bonds is 2. The van der Waals surface area contributed by atoms with Crippen LogP contribution >= 0.6 is 0 Å². The molecular formula is C20H30N2O. The number of anilines is 1. The molecule has 2 heterocycles. The third kappa shape index (κ3) is 3.45. The van der Waals surface area contributed by atoms with Crippen LogP contribution < -0.4 is 10.2 Å². The smallest absolute Gasteiger partial charge is 0.232 e. The molecule has 1 aromatic rings. The molecular weight excluding hydrogens is 284 g/mol. The number of piperidine rings is 1. The van der Waals surface area contributed by atoms with Crippen molar-refractivity contribution in [1.82, 2.24) is 5.32 Å². The molecule has 2 aliphatic rings. The standard InChI is InChI=1S/C20H30N2O/c1-14-10-17-12-15(11-16-6-5-9-21-13-16)7-8-18(17)22(14)19(23)20(2,3)4/h7-8,12,14,16,21H,5-6,9-11,13H2,1-4H3. The molecule has 1 saturated heterocycles. The van der Waals surface area contributed by atoms with Gasteiger partial charge in [0.25, 0.3) is 0 Å². The van der Waals surface area contributed by atoms with Gasteiger partial charge in [0.1, 0.15) is 0 Å². The molecule has 1 N–H and O–H groups in total. The number of carbonyl (C=O) groups excluding carboxylic acids is 1. The number of benzene rings is 1. The van der Waals surface area contributed by atoms with E-state index in [9.17, 15) is 4.79 Å². The van der Waals surface area contributed by atoms with Gasteiger partial charge in [-0.2, -0.15) is 0 Å². The van der Waals surface area contributed by atoms with Crippen molar-refractivity contribution in [2.45, 2.75) is 59.4 Å². The zero-order chi connectivity index (χ0) is 16.6. The average molecular weight is 314 g/mol. The summed E-state index contributed by atoms with van der Waals surface area (Å²) < 4.78 is 0. The van der Waals surface area contributed by atoms with Crippen molar-refractivity contribution in [3.05, 3.63) is 29.3 Å². The van der Waals surface area contributed by atoms with Crippen LogP contribution in [0, 0.1) is 11.3 Å². The van der Waals surface area contributed by atoms with Gasteiger partial charge in [-0.15, -0.1) is 0 Å². The molecule has 2 atom stereocenters. The van der Waals surface area contributed by atoms with Crippen LogP contribution in [0.3, 0.4) is 0 Å². The van der Waals surface area contributed by atoms with E-state index in [-0.39, 0.29) is 17.4 Å². The van der Waals surface area contributed by atoms with E-state index in [1.807, 2.05) is 25.7 Å². The first-order chi connectivity index (χ1) is 10.9. The number of hydrogen-bond acceptors (Lipinski definition) is 2. The fourth-order valence-electron chi connectivity index (χ4n) is 3.91. The quantitative estimate of drug-likeness (QED) is 0.905. The number of amides is 1. The molecule has 1 fully saturated rings. The molecule has 2 unspecified atom stereocenters. The summed E-state index contributed by atoms with van der Waals surface area (Å²) in [5, 5.41) is 3.50. The van der Waals surface area contributed by atoms with Crippen LogP contribution in [0.25, 0.3) is 0 Å². The van der Waals surface area contributed by atoms with Crippen molar-refractivity contribution in [3.63, 3.8) is 0 Å². The summed E-state index contributed by atoms with van der Waals surface area (Å²) in [6.07, 6.45) is 4.76. The number of carbonyl (C=O) groups is 1. The second-order valence-corrected chi connectivity index (χ2v) is 8.36. The normalized spacial score (nSPS) is 24.6. The summed E-state index contributed by atoms with van der Waals surface area (Å²) in [7, 11) is 0. The number of fused-ring (bicyclic) bond motifs is 1. The molecule has 3 heteroatoms. The van der Waals surface area contributed by atoms with E-state index in [0.29, 0.717) is 0 Å². The molecule has 0 spiro atoms. The SMILES string of the molecule is CC1Cc2cc(CC3CCCNC3)ccc2N1C(=O)C(C)(C)C. The lowest BCUT2D eigenvalue weighted by atomic mass is 9.91. The van der Waals surface area contributed by atoms with Crippen LogP contribution in [0.1, 0.15) is 51.7 Å². The zero-order valence-corrected chi connectivity index (χ0v) is 15.0. The molecule has 3 nitrogen and oxygen atoms in total. The monoisotopic (exact) mass is 314 g/mol. The van der Waals surface area contributed by atoms with Gasteiger partial charge >= 0.3 is 0 Å². The Morgan fingerprint density at radius 2 is 2.13 bits per heavy atom. The molecule has 1 aromatic carbocycles. The molecule has 0 aromatic heterocycles. The van der Waals surface area contributed by atoms with Crippen LogP contribution in [0.2, 0.25) is 0 Å². The second-order valence-electron chi connectivity index (χ2n) is 8.36. The predicted molar refractivity (Wildman–Crippen MR) is 95.8 cm³/mol. The summed E-state index contributed by atoms with van der Waals surface area (Å²) in [5.74, 6) is 0.987. The lowest BCUT2D eigenvalue weighted by molar-refractivity contribution is -0.126. The van der Waals surface area contributed by atoms with Gasteiger partial charge in [-0.25, -0.2) is 0 Å². The predicted octanol–water partition coefficient (Wildman–Crippen LogP) is 3.55. The highest BCUT2D eigenvalue weighted by molar-refractivity contribution is 5.99. The molecule has 0 saturated carbocycles. The molecule has 0 radical (unpaired) electrons. The molecule has 0 bridgehead atoms. The highest BCUT2D eigenvalue weighted by Crippen LogP contribution is 2.36. The van der Waals surface area contributed by atoms with E-state index in [0.717, 1.165) is 31.0 Å². The Bertz CT molecular complexity index is 582. The number of nitrogens with zero attached hydrogens (tertiary/aromatic N) is 1.